The van der Waals surface area contributed by atoms with E-state index in [2.05, 4.69) is 10.6 Å². The van der Waals surface area contributed by atoms with Crippen LogP contribution in [0.15, 0.2) is 24.3 Å². The summed E-state index contributed by atoms with van der Waals surface area (Å²) in [4.78, 5) is 36.5. The van der Waals surface area contributed by atoms with Crippen LogP contribution in [-0.2, 0) is 20.7 Å². The SMILES string of the molecule is CCOC(=O)c1c(NC(=O)Cc2ccc(NC(C)=O)cc2)sc(C)c1C. The van der Waals surface area contributed by atoms with E-state index in [-0.39, 0.29) is 24.8 Å². The van der Waals surface area contributed by atoms with Crippen molar-refractivity contribution in [2.45, 2.75) is 34.1 Å². The van der Waals surface area contributed by atoms with Crippen molar-refractivity contribution >= 4 is 39.8 Å². The number of carbonyl (C=O) groups excluding carboxylic acids is 3. The zero-order valence-corrected chi connectivity index (χ0v) is 16.1. The molecule has 0 unspecified atom stereocenters. The van der Waals surface area contributed by atoms with Crippen LogP contribution >= 0.6 is 11.3 Å². The van der Waals surface area contributed by atoms with Crippen molar-refractivity contribution in [2.24, 2.45) is 0 Å². The molecule has 0 aliphatic carbocycles. The van der Waals surface area contributed by atoms with Crippen LogP contribution < -0.4 is 10.6 Å². The van der Waals surface area contributed by atoms with Gasteiger partial charge in [-0.2, -0.15) is 0 Å². The molecule has 0 aliphatic rings. The van der Waals surface area contributed by atoms with Crippen molar-refractivity contribution in [1.82, 2.24) is 0 Å². The summed E-state index contributed by atoms with van der Waals surface area (Å²) in [6.07, 6.45) is 0.165. The molecule has 0 spiro atoms. The first-order valence-electron chi connectivity index (χ1n) is 8.25. The molecule has 2 aromatic rings. The van der Waals surface area contributed by atoms with E-state index in [9.17, 15) is 14.4 Å². The summed E-state index contributed by atoms with van der Waals surface area (Å²) < 4.78 is 5.09. The standard InChI is InChI=1S/C19H22N2O4S/c1-5-25-19(24)17-11(2)12(3)26-18(17)21-16(23)10-14-6-8-15(9-7-14)20-13(4)22/h6-9H,5,10H2,1-4H3,(H,20,22)(H,21,23). The van der Waals surface area contributed by atoms with Gasteiger partial charge in [-0.3, -0.25) is 9.59 Å². The molecule has 1 heterocycles. The quantitative estimate of drug-likeness (QED) is 0.756. The Morgan fingerprint density at radius 2 is 1.73 bits per heavy atom. The fourth-order valence-corrected chi connectivity index (χ4v) is 3.49. The van der Waals surface area contributed by atoms with E-state index in [0.29, 0.717) is 16.3 Å². The van der Waals surface area contributed by atoms with E-state index in [1.54, 1.807) is 31.2 Å². The molecule has 1 aromatic carbocycles. The molecule has 1 aromatic heterocycles. The normalized spacial score (nSPS) is 10.3. The maximum atomic E-state index is 12.4. The van der Waals surface area contributed by atoms with Gasteiger partial charge in [-0.05, 0) is 44.0 Å². The van der Waals surface area contributed by atoms with Crippen molar-refractivity contribution in [2.75, 3.05) is 17.2 Å². The number of rotatable bonds is 6. The van der Waals surface area contributed by atoms with Gasteiger partial charge in [-0.1, -0.05) is 12.1 Å². The smallest absolute Gasteiger partial charge is 0.341 e. The molecule has 2 N–H and O–H groups in total. The van der Waals surface area contributed by atoms with Gasteiger partial charge in [0, 0.05) is 17.5 Å². The molecule has 0 fully saturated rings. The van der Waals surface area contributed by atoms with Gasteiger partial charge in [0.15, 0.2) is 0 Å². The first kappa shape index (κ1) is 19.7. The number of benzene rings is 1. The lowest BCUT2D eigenvalue weighted by molar-refractivity contribution is -0.116. The fraction of sp³-hybridized carbons (Fsp3) is 0.316. The van der Waals surface area contributed by atoms with Gasteiger partial charge >= 0.3 is 5.97 Å². The Kier molecular flexibility index (Phi) is 6.52. The van der Waals surface area contributed by atoms with Crippen LogP contribution in [0.5, 0.6) is 0 Å². The highest BCUT2D eigenvalue weighted by molar-refractivity contribution is 7.16. The van der Waals surface area contributed by atoms with Crippen LogP contribution in [0.2, 0.25) is 0 Å². The summed E-state index contributed by atoms with van der Waals surface area (Å²) in [7, 11) is 0. The first-order valence-corrected chi connectivity index (χ1v) is 9.07. The van der Waals surface area contributed by atoms with E-state index in [1.807, 2.05) is 13.8 Å². The van der Waals surface area contributed by atoms with E-state index >= 15 is 0 Å². The number of esters is 1. The topological polar surface area (TPSA) is 84.5 Å². The predicted octanol–water partition coefficient (Wildman–Crippen LogP) is 3.68. The van der Waals surface area contributed by atoms with E-state index in [0.717, 1.165) is 16.0 Å². The Bertz CT molecular complexity index is 825. The molecule has 0 saturated carbocycles. The number of aryl methyl sites for hydroxylation is 1. The summed E-state index contributed by atoms with van der Waals surface area (Å²) >= 11 is 1.36. The average Bonchev–Trinajstić information content (AvgIpc) is 2.83. The first-order chi connectivity index (χ1) is 12.3. The molecule has 0 bridgehead atoms. The van der Waals surface area contributed by atoms with Crippen LogP contribution in [0.1, 0.15) is 40.2 Å². The van der Waals surface area contributed by atoms with Crippen molar-refractivity contribution in [1.29, 1.82) is 0 Å². The molecule has 26 heavy (non-hydrogen) atoms. The molecule has 0 radical (unpaired) electrons. The number of amides is 2. The van der Waals surface area contributed by atoms with Crippen molar-refractivity contribution in [3.63, 3.8) is 0 Å². The number of ether oxygens (including phenoxy) is 1. The van der Waals surface area contributed by atoms with Crippen LogP contribution in [0.3, 0.4) is 0 Å². The Labute approximate surface area is 156 Å². The molecule has 6 nitrogen and oxygen atoms in total. The van der Waals surface area contributed by atoms with Crippen LogP contribution in [0, 0.1) is 13.8 Å². The van der Waals surface area contributed by atoms with Gasteiger partial charge in [0.05, 0.1) is 18.6 Å². The maximum Gasteiger partial charge on any atom is 0.341 e. The van der Waals surface area contributed by atoms with E-state index in [4.69, 9.17) is 4.74 Å². The number of carbonyl (C=O) groups is 3. The number of thiophene rings is 1. The van der Waals surface area contributed by atoms with E-state index in [1.165, 1.54) is 18.3 Å². The highest BCUT2D eigenvalue weighted by atomic mass is 32.1. The van der Waals surface area contributed by atoms with Crippen molar-refractivity contribution < 1.29 is 19.1 Å². The van der Waals surface area contributed by atoms with Crippen LogP contribution in [-0.4, -0.2) is 24.4 Å². The Morgan fingerprint density at radius 3 is 2.31 bits per heavy atom. The maximum absolute atomic E-state index is 12.4. The number of nitrogens with one attached hydrogen (secondary N) is 2. The zero-order chi connectivity index (χ0) is 19.3. The fourth-order valence-electron chi connectivity index (χ4n) is 2.43. The summed E-state index contributed by atoms with van der Waals surface area (Å²) in [5, 5.41) is 6.00. The molecule has 0 atom stereocenters. The Hall–Kier alpha value is -2.67. The highest BCUT2D eigenvalue weighted by Gasteiger charge is 2.22. The lowest BCUT2D eigenvalue weighted by Gasteiger charge is -2.08. The van der Waals surface area contributed by atoms with Gasteiger partial charge in [0.25, 0.3) is 0 Å². The monoisotopic (exact) mass is 374 g/mol. The summed E-state index contributed by atoms with van der Waals surface area (Å²) in [6.45, 7) is 7.21. The lowest BCUT2D eigenvalue weighted by atomic mass is 10.1. The molecule has 138 valence electrons. The second-order valence-electron chi connectivity index (χ2n) is 5.81. The zero-order valence-electron chi connectivity index (χ0n) is 15.3. The minimum atomic E-state index is -0.427. The second-order valence-corrected chi connectivity index (χ2v) is 7.04. The molecule has 0 saturated heterocycles. The molecule has 2 rings (SSSR count). The lowest BCUT2D eigenvalue weighted by Crippen LogP contribution is -2.16. The third-order valence-corrected chi connectivity index (χ3v) is 4.88. The van der Waals surface area contributed by atoms with E-state index < -0.39 is 5.97 Å². The van der Waals surface area contributed by atoms with Gasteiger partial charge in [-0.25, -0.2) is 4.79 Å². The largest absolute Gasteiger partial charge is 0.462 e. The summed E-state index contributed by atoms with van der Waals surface area (Å²) in [5.41, 5.74) is 2.72. The van der Waals surface area contributed by atoms with Gasteiger partial charge in [0.2, 0.25) is 11.8 Å². The molecular weight excluding hydrogens is 352 g/mol. The molecular formula is C19H22N2O4S. The second kappa shape index (κ2) is 8.62. The third kappa shape index (κ3) is 4.92. The minimum absolute atomic E-state index is 0.148. The number of hydrogen-bond donors (Lipinski definition) is 2. The van der Waals surface area contributed by atoms with Gasteiger partial charge < -0.3 is 15.4 Å². The van der Waals surface area contributed by atoms with Gasteiger partial charge in [-0.15, -0.1) is 11.3 Å². The summed E-state index contributed by atoms with van der Waals surface area (Å²) in [5.74, 6) is -0.793. The Morgan fingerprint density at radius 1 is 1.08 bits per heavy atom. The highest BCUT2D eigenvalue weighted by Crippen LogP contribution is 2.33. The predicted molar refractivity (Wildman–Crippen MR) is 103 cm³/mol. The molecule has 0 aliphatic heterocycles. The molecule has 7 heteroatoms. The van der Waals surface area contributed by atoms with Crippen molar-refractivity contribution in [3.8, 4) is 0 Å². The minimum Gasteiger partial charge on any atom is -0.462 e. The number of hydrogen-bond acceptors (Lipinski definition) is 5. The Balaban J connectivity index is 2.09. The average molecular weight is 374 g/mol. The van der Waals surface area contributed by atoms with Crippen LogP contribution in [0.4, 0.5) is 10.7 Å². The van der Waals surface area contributed by atoms with Gasteiger partial charge in [0.1, 0.15) is 5.00 Å². The molecule has 2 amide bonds. The number of anilines is 2. The van der Waals surface area contributed by atoms with Crippen molar-refractivity contribution in [3.05, 3.63) is 45.8 Å². The summed E-state index contributed by atoms with van der Waals surface area (Å²) in [6, 6.07) is 7.05. The van der Waals surface area contributed by atoms with Crippen LogP contribution in [0.25, 0.3) is 0 Å². The third-order valence-electron chi connectivity index (χ3n) is 3.76.